The maximum atomic E-state index is 10.4. The highest BCUT2D eigenvalue weighted by atomic mass is 79.9. The van der Waals surface area contributed by atoms with E-state index >= 15 is 0 Å². The molecule has 5 heteroatoms. The Balaban J connectivity index is 1.74. The van der Waals surface area contributed by atoms with E-state index in [1.165, 1.54) is 0 Å². The van der Waals surface area contributed by atoms with Gasteiger partial charge in [-0.05, 0) is 41.5 Å². The van der Waals surface area contributed by atoms with Crippen LogP contribution in [0.15, 0.2) is 82.3 Å². The highest BCUT2D eigenvalue weighted by molar-refractivity contribution is 9.10. The van der Waals surface area contributed by atoms with Gasteiger partial charge in [-0.3, -0.25) is 10.3 Å². The summed E-state index contributed by atoms with van der Waals surface area (Å²) in [5.74, 6) is 1.11. The molecular weight excluding hydrogens is 416 g/mol. The standard InChI is InChI=1S/C23H21BrN2O2/c1-28-18-11-9-15(10-12-18)23-25-20(16-5-4-6-17(24)13-16)14-21(26-23)19-7-2-3-8-22(19)27/h2-13,21,23,26-27H,14H2,1H3/t21-,23+/m1/s1. The van der Waals surface area contributed by atoms with Crippen LogP contribution < -0.4 is 10.1 Å². The molecule has 2 atom stereocenters. The van der Waals surface area contributed by atoms with E-state index in [0.29, 0.717) is 12.2 Å². The first-order chi connectivity index (χ1) is 13.6. The Morgan fingerprint density at radius 1 is 1.04 bits per heavy atom. The number of aliphatic imine (C=N–C) groups is 1. The fraction of sp³-hybridized carbons (Fsp3) is 0.174. The average molecular weight is 437 g/mol. The van der Waals surface area contributed by atoms with Gasteiger partial charge in [0.1, 0.15) is 17.7 Å². The average Bonchev–Trinajstić information content (AvgIpc) is 2.74. The quantitative estimate of drug-likeness (QED) is 0.576. The van der Waals surface area contributed by atoms with Crippen LogP contribution in [0.2, 0.25) is 0 Å². The smallest absolute Gasteiger partial charge is 0.126 e. The molecule has 0 spiro atoms. The van der Waals surface area contributed by atoms with Crippen LogP contribution in [0.3, 0.4) is 0 Å². The number of ether oxygens (including phenoxy) is 1. The maximum absolute atomic E-state index is 10.4. The molecule has 0 saturated carbocycles. The van der Waals surface area contributed by atoms with E-state index < -0.39 is 0 Å². The van der Waals surface area contributed by atoms with Gasteiger partial charge < -0.3 is 9.84 Å². The Bertz CT molecular complexity index is 1000. The fourth-order valence-electron chi connectivity index (χ4n) is 3.49. The van der Waals surface area contributed by atoms with Crippen molar-refractivity contribution in [3.05, 3.63) is 94.0 Å². The van der Waals surface area contributed by atoms with E-state index in [9.17, 15) is 5.11 Å². The SMILES string of the molecule is COc1ccc([C@H]2N=C(c3cccc(Br)c3)C[C@H](c3ccccc3O)N2)cc1. The predicted molar refractivity (Wildman–Crippen MR) is 115 cm³/mol. The molecule has 4 nitrogen and oxygen atoms in total. The van der Waals surface area contributed by atoms with E-state index in [4.69, 9.17) is 9.73 Å². The van der Waals surface area contributed by atoms with E-state index in [0.717, 1.165) is 32.6 Å². The number of nitrogens with one attached hydrogen (secondary N) is 1. The van der Waals surface area contributed by atoms with Crippen LogP contribution in [0.4, 0.5) is 0 Å². The molecule has 142 valence electrons. The molecular formula is C23H21BrN2O2. The first-order valence-corrected chi connectivity index (χ1v) is 9.94. The van der Waals surface area contributed by atoms with Crippen molar-refractivity contribution in [3.8, 4) is 11.5 Å². The second-order valence-electron chi connectivity index (χ2n) is 6.74. The summed E-state index contributed by atoms with van der Waals surface area (Å²) < 4.78 is 6.29. The van der Waals surface area contributed by atoms with Crippen LogP contribution in [-0.2, 0) is 0 Å². The van der Waals surface area contributed by atoms with Gasteiger partial charge in [-0.25, -0.2) is 0 Å². The lowest BCUT2D eigenvalue weighted by molar-refractivity contribution is 0.408. The number of para-hydroxylation sites is 1. The molecule has 2 N–H and O–H groups in total. The van der Waals surface area contributed by atoms with E-state index in [1.807, 2.05) is 54.6 Å². The molecule has 1 heterocycles. The lowest BCUT2D eigenvalue weighted by atomic mass is 9.93. The zero-order chi connectivity index (χ0) is 19.5. The number of phenolic OH excluding ortho intramolecular Hbond substituents is 1. The van der Waals surface area contributed by atoms with Gasteiger partial charge >= 0.3 is 0 Å². The number of phenols is 1. The Morgan fingerprint density at radius 3 is 2.54 bits per heavy atom. The van der Waals surface area contributed by atoms with Crippen LogP contribution in [0, 0.1) is 0 Å². The number of benzene rings is 3. The van der Waals surface area contributed by atoms with Gasteiger partial charge in [0.05, 0.1) is 7.11 Å². The first-order valence-electron chi connectivity index (χ1n) is 9.14. The van der Waals surface area contributed by atoms with Gasteiger partial charge in [-0.1, -0.05) is 58.4 Å². The van der Waals surface area contributed by atoms with Crippen LogP contribution >= 0.6 is 15.9 Å². The minimum atomic E-state index is -0.210. The largest absolute Gasteiger partial charge is 0.508 e. The number of methoxy groups -OCH3 is 1. The number of hydrogen-bond donors (Lipinski definition) is 2. The second-order valence-corrected chi connectivity index (χ2v) is 7.66. The number of halogens is 1. The summed E-state index contributed by atoms with van der Waals surface area (Å²) in [6, 6.07) is 23.5. The second kappa shape index (κ2) is 8.17. The fourth-order valence-corrected chi connectivity index (χ4v) is 3.89. The molecule has 0 aliphatic carbocycles. The lowest BCUT2D eigenvalue weighted by Crippen LogP contribution is -2.33. The van der Waals surface area contributed by atoms with E-state index in [2.05, 4.69) is 33.4 Å². The van der Waals surface area contributed by atoms with Crippen LogP contribution in [0.1, 0.15) is 35.3 Å². The summed E-state index contributed by atoms with van der Waals surface area (Å²) in [5, 5.41) is 14.0. The topological polar surface area (TPSA) is 53.9 Å². The summed E-state index contributed by atoms with van der Waals surface area (Å²) >= 11 is 3.55. The van der Waals surface area contributed by atoms with Crippen molar-refractivity contribution in [2.24, 2.45) is 4.99 Å². The third-order valence-electron chi connectivity index (χ3n) is 4.94. The molecule has 1 aliphatic rings. The molecule has 3 aromatic carbocycles. The van der Waals surface area contributed by atoms with Gasteiger partial charge in [0.15, 0.2) is 0 Å². The van der Waals surface area contributed by atoms with Gasteiger partial charge in [0, 0.05) is 28.2 Å². The van der Waals surface area contributed by atoms with Crippen LogP contribution in [-0.4, -0.2) is 17.9 Å². The molecule has 28 heavy (non-hydrogen) atoms. The summed E-state index contributed by atoms with van der Waals surface area (Å²) in [4.78, 5) is 4.99. The Morgan fingerprint density at radius 2 is 1.82 bits per heavy atom. The molecule has 0 fully saturated rings. The molecule has 0 aromatic heterocycles. The molecule has 1 aliphatic heterocycles. The minimum Gasteiger partial charge on any atom is -0.508 e. The Hall–Kier alpha value is -2.63. The minimum absolute atomic E-state index is 0.0419. The molecule has 0 unspecified atom stereocenters. The molecule has 0 amide bonds. The summed E-state index contributed by atoms with van der Waals surface area (Å²) in [5.41, 5.74) is 4.01. The third kappa shape index (κ3) is 3.96. The van der Waals surface area contributed by atoms with Crippen molar-refractivity contribution in [1.29, 1.82) is 0 Å². The van der Waals surface area contributed by atoms with Crippen molar-refractivity contribution in [2.75, 3.05) is 7.11 Å². The van der Waals surface area contributed by atoms with E-state index in [-0.39, 0.29) is 12.2 Å². The van der Waals surface area contributed by atoms with Crippen LogP contribution in [0.25, 0.3) is 0 Å². The van der Waals surface area contributed by atoms with E-state index in [1.54, 1.807) is 13.2 Å². The summed E-state index contributed by atoms with van der Waals surface area (Å²) in [6.45, 7) is 0. The molecule has 3 aromatic rings. The van der Waals surface area contributed by atoms with Gasteiger partial charge in [-0.15, -0.1) is 0 Å². The normalized spacial score (nSPS) is 19.1. The predicted octanol–water partition coefficient (Wildman–Crippen LogP) is 5.39. The van der Waals surface area contributed by atoms with Gasteiger partial charge in [-0.2, -0.15) is 0 Å². The maximum Gasteiger partial charge on any atom is 0.126 e. The zero-order valence-corrected chi connectivity index (χ0v) is 17.1. The molecule has 4 rings (SSSR count). The number of hydrogen-bond acceptors (Lipinski definition) is 4. The van der Waals surface area contributed by atoms with Crippen molar-refractivity contribution < 1.29 is 9.84 Å². The number of nitrogens with zero attached hydrogens (tertiary/aromatic N) is 1. The summed E-state index contributed by atoms with van der Waals surface area (Å²) in [7, 11) is 1.66. The monoisotopic (exact) mass is 436 g/mol. The molecule has 0 saturated heterocycles. The summed E-state index contributed by atoms with van der Waals surface area (Å²) in [6.07, 6.45) is 0.485. The van der Waals surface area contributed by atoms with Gasteiger partial charge in [0.25, 0.3) is 0 Å². The van der Waals surface area contributed by atoms with Crippen molar-refractivity contribution in [3.63, 3.8) is 0 Å². The lowest BCUT2D eigenvalue weighted by Gasteiger charge is -2.31. The first kappa shape index (κ1) is 18.7. The Kier molecular flexibility index (Phi) is 5.46. The van der Waals surface area contributed by atoms with Crippen LogP contribution in [0.5, 0.6) is 11.5 Å². The highest BCUT2D eigenvalue weighted by Gasteiger charge is 2.27. The number of rotatable bonds is 4. The van der Waals surface area contributed by atoms with Gasteiger partial charge in [0.2, 0.25) is 0 Å². The Labute approximate surface area is 173 Å². The number of aromatic hydroxyl groups is 1. The third-order valence-corrected chi connectivity index (χ3v) is 5.44. The zero-order valence-electron chi connectivity index (χ0n) is 15.5. The highest BCUT2D eigenvalue weighted by Crippen LogP contribution is 2.34. The van der Waals surface area contributed by atoms with Crippen molar-refractivity contribution in [2.45, 2.75) is 18.6 Å². The molecule has 0 bridgehead atoms. The molecule has 0 radical (unpaired) electrons. The van der Waals surface area contributed by atoms with Crippen molar-refractivity contribution in [1.82, 2.24) is 5.32 Å². The van der Waals surface area contributed by atoms with Crippen molar-refractivity contribution >= 4 is 21.6 Å².